The van der Waals surface area contributed by atoms with Crippen LogP contribution in [0.3, 0.4) is 0 Å². The van der Waals surface area contributed by atoms with Crippen LogP contribution in [0.15, 0.2) is 60.7 Å². The first-order valence-corrected chi connectivity index (χ1v) is 14.9. The molecule has 9 heteroatoms. The highest BCUT2D eigenvalue weighted by Gasteiger charge is 2.20. The van der Waals surface area contributed by atoms with E-state index in [4.69, 9.17) is 14.3 Å². The van der Waals surface area contributed by atoms with Gasteiger partial charge in [-0.25, -0.2) is 4.79 Å². The Morgan fingerprint density at radius 1 is 0.786 bits per heavy atom. The van der Waals surface area contributed by atoms with Crippen LogP contribution < -0.4 is 19.4 Å². The molecule has 0 atom stereocenters. The maximum Gasteiger partial charge on any atom is 0.365 e. The molecule has 42 heavy (non-hydrogen) atoms. The number of nitrogens with zero attached hydrogens (tertiary/aromatic N) is 5. The van der Waals surface area contributed by atoms with Crippen LogP contribution >= 0.6 is 0 Å². The van der Waals surface area contributed by atoms with Crippen molar-refractivity contribution in [3.05, 3.63) is 77.4 Å². The van der Waals surface area contributed by atoms with Crippen molar-refractivity contribution in [1.29, 1.82) is 0 Å². The summed E-state index contributed by atoms with van der Waals surface area (Å²) >= 11 is 0. The number of aromatic nitrogens is 3. The molecule has 0 saturated carbocycles. The molecule has 222 valence electrons. The summed E-state index contributed by atoms with van der Waals surface area (Å²) in [5.74, 6) is 0.547. The van der Waals surface area contributed by atoms with E-state index in [2.05, 4.69) is 46.1 Å². The number of fused-ring (bicyclic) bond motifs is 1. The Hall–Kier alpha value is -4.11. The van der Waals surface area contributed by atoms with Crippen molar-refractivity contribution >= 4 is 28.4 Å². The van der Waals surface area contributed by atoms with Gasteiger partial charge >= 0.3 is 5.97 Å². The second-order valence-electron chi connectivity index (χ2n) is 10.9. The third-order valence-corrected chi connectivity index (χ3v) is 7.79. The first-order chi connectivity index (χ1) is 20.5. The average molecular weight is 572 g/mol. The summed E-state index contributed by atoms with van der Waals surface area (Å²) in [6.45, 7) is 9.54. The summed E-state index contributed by atoms with van der Waals surface area (Å²) in [6, 6.07) is 19.4. The van der Waals surface area contributed by atoms with Gasteiger partial charge in [0.1, 0.15) is 16.8 Å². The summed E-state index contributed by atoms with van der Waals surface area (Å²) < 4.78 is 11.3. The Kier molecular flexibility index (Phi) is 9.92. The van der Waals surface area contributed by atoms with Gasteiger partial charge in [-0.15, -0.1) is 5.10 Å². The molecule has 1 saturated heterocycles. The van der Waals surface area contributed by atoms with Gasteiger partial charge < -0.3 is 24.1 Å². The highest BCUT2D eigenvalue weighted by molar-refractivity contribution is 5.90. The minimum Gasteiger partial charge on any atom is -0.493 e. The summed E-state index contributed by atoms with van der Waals surface area (Å²) in [7, 11) is 1.76. The van der Waals surface area contributed by atoms with Gasteiger partial charge in [0.25, 0.3) is 0 Å². The molecular formula is C33H41N5O4. The summed E-state index contributed by atoms with van der Waals surface area (Å²) in [5, 5.41) is 7.96. The maximum atomic E-state index is 12.7. The molecule has 2 heterocycles. The lowest BCUT2D eigenvalue weighted by molar-refractivity contribution is 0.0409. The van der Waals surface area contributed by atoms with Gasteiger partial charge in [0, 0.05) is 51.3 Å². The number of para-hydroxylation sites is 1. The highest BCUT2D eigenvalue weighted by Crippen LogP contribution is 2.30. The van der Waals surface area contributed by atoms with Crippen molar-refractivity contribution in [1.82, 2.24) is 15.2 Å². The van der Waals surface area contributed by atoms with Gasteiger partial charge in [-0.3, -0.25) is 0 Å². The van der Waals surface area contributed by atoms with E-state index in [-0.39, 0.29) is 0 Å². The largest absolute Gasteiger partial charge is 0.493 e. The molecule has 1 fully saturated rings. The highest BCUT2D eigenvalue weighted by atomic mass is 16.7. The molecule has 9 nitrogen and oxygen atoms in total. The molecule has 0 radical (unpaired) electrons. The summed E-state index contributed by atoms with van der Waals surface area (Å²) in [6.07, 6.45) is 5.86. The van der Waals surface area contributed by atoms with E-state index in [0.29, 0.717) is 16.6 Å². The molecule has 0 unspecified atom stereocenters. The van der Waals surface area contributed by atoms with Crippen LogP contribution in [0.2, 0.25) is 0 Å². The number of piperazine rings is 1. The van der Waals surface area contributed by atoms with Gasteiger partial charge in [0.2, 0.25) is 0 Å². The number of carbonyl (C=O) groups excluding carboxylic acids is 1. The first-order valence-electron chi connectivity index (χ1n) is 14.9. The molecule has 0 bridgehead atoms. The van der Waals surface area contributed by atoms with E-state index in [1.54, 1.807) is 19.2 Å². The second kappa shape index (κ2) is 14.2. The predicted molar refractivity (Wildman–Crippen MR) is 166 cm³/mol. The minimum atomic E-state index is -0.474. The number of benzene rings is 3. The Morgan fingerprint density at radius 3 is 2.10 bits per heavy atom. The number of ether oxygens (including phenoxy) is 2. The zero-order valence-corrected chi connectivity index (χ0v) is 24.9. The number of unbranched alkanes of at least 4 members (excludes halogenated alkanes) is 4. The zero-order valence-electron chi connectivity index (χ0n) is 24.9. The van der Waals surface area contributed by atoms with Crippen molar-refractivity contribution < 1.29 is 19.1 Å². The van der Waals surface area contributed by atoms with Gasteiger partial charge in [-0.1, -0.05) is 36.2 Å². The van der Waals surface area contributed by atoms with Gasteiger partial charge in [-0.2, -0.15) is 0 Å². The molecular weight excluding hydrogens is 530 g/mol. The third-order valence-electron chi connectivity index (χ3n) is 7.79. The third kappa shape index (κ3) is 7.20. The average Bonchev–Trinajstić information content (AvgIpc) is 3.42. The van der Waals surface area contributed by atoms with Crippen molar-refractivity contribution in [2.75, 3.05) is 56.3 Å². The predicted octanol–water partition coefficient (Wildman–Crippen LogP) is 5.62. The first kappa shape index (κ1) is 29.4. The normalized spacial score (nSPS) is 13.5. The van der Waals surface area contributed by atoms with Crippen LogP contribution in [-0.4, -0.2) is 67.6 Å². The number of carbonyl (C=O) groups is 1. The SMILES string of the molecule is COCCCCCCCOc1c(C)cc(N2CCN(c3ccc(C(=O)On4nnc5ccccc54)cc3)CC2)cc1C. The van der Waals surface area contributed by atoms with E-state index in [1.165, 1.54) is 40.9 Å². The van der Waals surface area contributed by atoms with Crippen molar-refractivity contribution in [2.24, 2.45) is 0 Å². The van der Waals surface area contributed by atoms with Gasteiger partial charge in [0.15, 0.2) is 0 Å². The Morgan fingerprint density at radius 2 is 1.40 bits per heavy atom. The van der Waals surface area contributed by atoms with E-state index in [0.717, 1.165) is 63.7 Å². The van der Waals surface area contributed by atoms with E-state index >= 15 is 0 Å². The lowest BCUT2D eigenvalue weighted by Gasteiger charge is -2.37. The number of rotatable bonds is 13. The van der Waals surface area contributed by atoms with E-state index < -0.39 is 5.97 Å². The molecule has 1 aliphatic heterocycles. The van der Waals surface area contributed by atoms with Crippen LogP contribution in [0, 0.1) is 13.8 Å². The standard InChI is InChI=1S/C33H41N5O4/c1-25-23-29(24-26(2)32(25)41-22-10-6-4-5-9-21-40-3)37-19-17-36(18-20-37)28-15-13-27(14-16-28)33(39)42-38-31-12-8-7-11-30(31)34-35-38/h7-8,11-16,23-24H,4-6,9-10,17-22H2,1-3H3. The molecule has 0 aliphatic carbocycles. The fourth-order valence-electron chi connectivity index (χ4n) is 5.47. The Labute approximate surface area is 247 Å². The zero-order chi connectivity index (χ0) is 29.3. The number of hydrogen-bond acceptors (Lipinski definition) is 8. The molecule has 5 rings (SSSR count). The maximum absolute atomic E-state index is 12.7. The number of methoxy groups -OCH3 is 1. The quantitative estimate of drug-likeness (QED) is 0.151. The molecule has 0 amide bonds. The molecule has 0 spiro atoms. The molecule has 4 aromatic rings. The van der Waals surface area contributed by atoms with E-state index in [9.17, 15) is 4.79 Å². The van der Waals surface area contributed by atoms with Crippen LogP contribution in [0.1, 0.15) is 53.6 Å². The van der Waals surface area contributed by atoms with Crippen molar-refractivity contribution in [3.63, 3.8) is 0 Å². The number of hydrogen-bond donors (Lipinski definition) is 0. The summed E-state index contributed by atoms with van der Waals surface area (Å²) in [5.41, 5.74) is 6.49. The van der Waals surface area contributed by atoms with Crippen molar-refractivity contribution in [2.45, 2.75) is 46.0 Å². The lowest BCUT2D eigenvalue weighted by atomic mass is 10.1. The topological polar surface area (TPSA) is 82.0 Å². The summed E-state index contributed by atoms with van der Waals surface area (Å²) in [4.78, 5) is 24.1. The van der Waals surface area contributed by atoms with Crippen LogP contribution in [0.4, 0.5) is 11.4 Å². The Bertz CT molecular complexity index is 1440. The molecule has 0 N–H and O–H groups in total. The lowest BCUT2D eigenvalue weighted by Crippen LogP contribution is -2.46. The molecule has 3 aromatic carbocycles. The number of aryl methyl sites for hydroxylation is 2. The van der Waals surface area contributed by atoms with Gasteiger partial charge in [0.05, 0.1) is 12.2 Å². The van der Waals surface area contributed by atoms with Crippen molar-refractivity contribution in [3.8, 4) is 5.75 Å². The van der Waals surface area contributed by atoms with E-state index in [1.807, 2.05) is 36.4 Å². The van der Waals surface area contributed by atoms with Crippen LogP contribution in [-0.2, 0) is 4.74 Å². The fourth-order valence-corrected chi connectivity index (χ4v) is 5.47. The molecule has 1 aliphatic rings. The smallest absolute Gasteiger partial charge is 0.365 e. The van der Waals surface area contributed by atoms with Crippen LogP contribution in [0.5, 0.6) is 5.75 Å². The second-order valence-corrected chi connectivity index (χ2v) is 10.9. The Balaban J connectivity index is 1.10. The van der Waals surface area contributed by atoms with Gasteiger partial charge in [-0.05, 0) is 91.6 Å². The number of anilines is 2. The molecule has 1 aromatic heterocycles. The fraction of sp³-hybridized carbons (Fsp3) is 0.424. The van der Waals surface area contributed by atoms with Crippen LogP contribution in [0.25, 0.3) is 11.0 Å². The minimum absolute atomic E-state index is 0.465. The monoisotopic (exact) mass is 571 g/mol.